The van der Waals surface area contributed by atoms with Gasteiger partial charge in [-0.05, 0) is 35.7 Å². The summed E-state index contributed by atoms with van der Waals surface area (Å²) in [4.78, 5) is 11.9. The third-order valence-corrected chi connectivity index (χ3v) is 4.84. The Kier molecular flexibility index (Phi) is 6.95. The lowest BCUT2D eigenvalue weighted by atomic mass is 10.1. The minimum absolute atomic E-state index is 0.0732. The zero-order valence-corrected chi connectivity index (χ0v) is 15.1. The Hall–Kier alpha value is -1.93. The zero-order chi connectivity index (χ0) is 18.3. The molecular formula is C17H20ClN3O3S. The molecular weight excluding hydrogens is 362 g/mol. The number of halogens is 1. The molecule has 0 saturated heterocycles. The highest BCUT2D eigenvalue weighted by Gasteiger charge is 2.07. The lowest BCUT2D eigenvalue weighted by molar-refractivity contribution is -0.120. The van der Waals surface area contributed by atoms with Gasteiger partial charge < -0.3 is 10.6 Å². The van der Waals surface area contributed by atoms with E-state index in [2.05, 4.69) is 10.6 Å². The standard InChI is InChI=1S/C17H20ClN3O3S/c18-16-4-2-1-3-14(16)11-20-12-17(22)21-10-9-13-5-7-15(8-6-13)25(19,23)24/h1-8,20H,9-12H2,(H,21,22)(H2,19,23,24). The molecule has 0 radical (unpaired) electrons. The number of nitrogens with one attached hydrogen (secondary N) is 2. The number of hydrogen-bond acceptors (Lipinski definition) is 4. The van der Waals surface area contributed by atoms with Gasteiger partial charge in [0, 0.05) is 18.1 Å². The molecule has 4 N–H and O–H groups in total. The molecule has 25 heavy (non-hydrogen) atoms. The highest BCUT2D eigenvalue weighted by Crippen LogP contribution is 2.14. The number of sulfonamides is 1. The van der Waals surface area contributed by atoms with E-state index in [0.717, 1.165) is 11.1 Å². The summed E-state index contributed by atoms with van der Waals surface area (Å²) in [5.74, 6) is -0.117. The van der Waals surface area contributed by atoms with E-state index in [1.54, 1.807) is 18.2 Å². The predicted molar refractivity (Wildman–Crippen MR) is 97.7 cm³/mol. The highest BCUT2D eigenvalue weighted by atomic mass is 35.5. The van der Waals surface area contributed by atoms with Gasteiger partial charge in [0.15, 0.2) is 0 Å². The van der Waals surface area contributed by atoms with Gasteiger partial charge in [0.2, 0.25) is 15.9 Å². The summed E-state index contributed by atoms with van der Waals surface area (Å²) in [7, 11) is -3.68. The maximum absolute atomic E-state index is 11.8. The van der Waals surface area contributed by atoms with Gasteiger partial charge in [0.25, 0.3) is 0 Å². The minimum atomic E-state index is -3.68. The number of amides is 1. The number of hydrogen-bond donors (Lipinski definition) is 3. The average molecular weight is 382 g/mol. The minimum Gasteiger partial charge on any atom is -0.355 e. The Morgan fingerprint density at radius 3 is 2.40 bits per heavy atom. The number of carbonyl (C=O) groups excluding carboxylic acids is 1. The normalized spacial score (nSPS) is 11.3. The van der Waals surface area contributed by atoms with Crippen molar-refractivity contribution in [1.82, 2.24) is 10.6 Å². The molecule has 0 bridgehead atoms. The fourth-order valence-corrected chi connectivity index (χ4v) is 2.93. The molecule has 0 fully saturated rings. The van der Waals surface area contributed by atoms with Crippen LogP contribution in [0.4, 0.5) is 0 Å². The molecule has 6 nitrogen and oxygen atoms in total. The zero-order valence-electron chi connectivity index (χ0n) is 13.5. The Morgan fingerprint density at radius 2 is 1.76 bits per heavy atom. The summed E-state index contributed by atoms with van der Waals surface area (Å²) in [6.07, 6.45) is 0.598. The van der Waals surface area contributed by atoms with Gasteiger partial charge in [-0.1, -0.05) is 41.9 Å². The predicted octanol–water partition coefficient (Wildman–Crippen LogP) is 1.44. The first-order valence-electron chi connectivity index (χ1n) is 7.69. The summed E-state index contributed by atoms with van der Waals surface area (Å²) in [5, 5.41) is 11.5. The molecule has 0 saturated carbocycles. The van der Waals surface area contributed by atoms with Crippen molar-refractivity contribution in [1.29, 1.82) is 0 Å². The lowest BCUT2D eigenvalue weighted by Gasteiger charge is -2.08. The van der Waals surface area contributed by atoms with Crippen molar-refractivity contribution in [3.63, 3.8) is 0 Å². The van der Waals surface area contributed by atoms with E-state index in [4.69, 9.17) is 16.7 Å². The van der Waals surface area contributed by atoms with Crippen LogP contribution in [0.5, 0.6) is 0 Å². The van der Waals surface area contributed by atoms with Crippen LogP contribution in [0.15, 0.2) is 53.4 Å². The SMILES string of the molecule is NS(=O)(=O)c1ccc(CCNC(=O)CNCc2ccccc2Cl)cc1. The van der Waals surface area contributed by atoms with Gasteiger partial charge in [0.05, 0.1) is 11.4 Å². The van der Waals surface area contributed by atoms with Crippen molar-refractivity contribution in [2.45, 2.75) is 17.9 Å². The Morgan fingerprint density at radius 1 is 1.08 bits per heavy atom. The van der Waals surface area contributed by atoms with Gasteiger partial charge in [-0.15, -0.1) is 0 Å². The van der Waals surface area contributed by atoms with E-state index in [1.165, 1.54) is 12.1 Å². The molecule has 0 aliphatic heterocycles. The molecule has 0 atom stereocenters. The van der Waals surface area contributed by atoms with Gasteiger partial charge >= 0.3 is 0 Å². The van der Waals surface area contributed by atoms with Crippen LogP contribution >= 0.6 is 11.6 Å². The molecule has 134 valence electrons. The fraction of sp³-hybridized carbons (Fsp3) is 0.235. The molecule has 0 aliphatic rings. The second-order valence-corrected chi connectivity index (χ2v) is 7.45. The second-order valence-electron chi connectivity index (χ2n) is 5.48. The average Bonchev–Trinajstić information content (AvgIpc) is 2.56. The first-order chi connectivity index (χ1) is 11.9. The number of rotatable bonds is 8. The lowest BCUT2D eigenvalue weighted by Crippen LogP contribution is -2.34. The topological polar surface area (TPSA) is 101 Å². The molecule has 2 aromatic rings. The molecule has 1 amide bonds. The third kappa shape index (κ3) is 6.47. The van der Waals surface area contributed by atoms with Crippen LogP contribution in [-0.4, -0.2) is 27.4 Å². The highest BCUT2D eigenvalue weighted by molar-refractivity contribution is 7.89. The number of nitrogens with two attached hydrogens (primary N) is 1. The second kappa shape index (κ2) is 8.96. The van der Waals surface area contributed by atoms with Crippen molar-refractivity contribution in [2.24, 2.45) is 5.14 Å². The van der Waals surface area contributed by atoms with Crippen LogP contribution in [0, 0.1) is 0 Å². The summed E-state index contributed by atoms with van der Waals surface area (Å²) in [6.45, 7) is 1.17. The number of primary sulfonamides is 1. The van der Waals surface area contributed by atoms with Crippen LogP contribution in [0.3, 0.4) is 0 Å². The van der Waals surface area contributed by atoms with Gasteiger partial charge in [0.1, 0.15) is 0 Å². The Bertz CT molecular complexity index is 823. The van der Waals surface area contributed by atoms with Crippen molar-refractivity contribution in [3.05, 3.63) is 64.7 Å². The summed E-state index contributed by atoms with van der Waals surface area (Å²) in [6, 6.07) is 13.7. The van der Waals surface area contributed by atoms with E-state index < -0.39 is 10.0 Å². The summed E-state index contributed by atoms with van der Waals surface area (Å²) in [5.41, 5.74) is 1.85. The Balaban J connectivity index is 1.69. The van der Waals surface area contributed by atoms with E-state index in [-0.39, 0.29) is 17.3 Å². The fourth-order valence-electron chi connectivity index (χ4n) is 2.21. The van der Waals surface area contributed by atoms with Crippen LogP contribution in [0.25, 0.3) is 0 Å². The van der Waals surface area contributed by atoms with Crippen molar-refractivity contribution in [3.8, 4) is 0 Å². The van der Waals surface area contributed by atoms with Crippen LogP contribution in [0.2, 0.25) is 5.02 Å². The molecule has 0 unspecified atom stereocenters. The number of benzene rings is 2. The van der Waals surface area contributed by atoms with Gasteiger partial charge in [-0.3, -0.25) is 4.79 Å². The summed E-state index contributed by atoms with van der Waals surface area (Å²) >= 11 is 6.04. The Labute approximate surface area is 152 Å². The van der Waals surface area contributed by atoms with E-state index in [9.17, 15) is 13.2 Å². The van der Waals surface area contributed by atoms with Crippen molar-refractivity contribution < 1.29 is 13.2 Å². The summed E-state index contributed by atoms with van der Waals surface area (Å²) < 4.78 is 22.4. The number of carbonyl (C=O) groups is 1. The molecule has 0 aromatic heterocycles. The molecule has 0 aliphatic carbocycles. The van der Waals surface area contributed by atoms with E-state index in [0.29, 0.717) is 24.5 Å². The van der Waals surface area contributed by atoms with Gasteiger partial charge in [-0.25, -0.2) is 13.6 Å². The largest absolute Gasteiger partial charge is 0.355 e. The maximum Gasteiger partial charge on any atom is 0.238 e. The maximum atomic E-state index is 11.8. The monoisotopic (exact) mass is 381 g/mol. The molecule has 0 spiro atoms. The van der Waals surface area contributed by atoms with E-state index >= 15 is 0 Å². The first kappa shape index (κ1) is 19.4. The molecule has 8 heteroatoms. The van der Waals surface area contributed by atoms with Crippen LogP contribution in [0.1, 0.15) is 11.1 Å². The van der Waals surface area contributed by atoms with Crippen molar-refractivity contribution >= 4 is 27.5 Å². The van der Waals surface area contributed by atoms with Crippen LogP contribution in [-0.2, 0) is 27.8 Å². The van der Waals surface area contributed by atoms with Crippen molar-refractivity contribution in [2.75, 3.05) is 13.1 Å². The van der Waals surface area contributed by atoms with E-state index in [1.807, 2.05) is 18.2 Å². The van der Waals surface area contributed by atoms with Gasteiger partial charge in [-0.2, -0.15) is 0 Å². The quantitative estimate of drug-likeness (QED) is 0.643. The molecule has 2 rings (SSSR count). The van der Waals surface area contributed by atoms with Crippen LogP contribution < -0.4 is 15.8 Å². The first-order valence-corrected chi connectivity index (χ1v) is 9.61. The smallest absolute Gasteiger partial charge is 0.238 e. The molecule has 2 aromatic carbocycles. The third-order valence-electron chi connectivity index (χ3n) is 3.55. The molecule has 0 heterocycles.